The van der Waals surface area contributed by atoms with Crippen LogP contribution in [0.4, 0.5) is 5.69 Å². The maximum absolute atomic E-state index is 12.4. The second-order valence-corrected chi connectivity index (χ2v) is 5.07. The van der Waals surface area contributed by atoms with Gasteiger partial charge in [-0.25, -0.2) is 0 Å². The second kappa shape index (κ2) is 4.61. The molecule has 0 saturated carbocycles. The van der Waals surface area contributed by atoms with Gasteiger partial charge in [0.05, 0.1) is 12.6 Å². The molecule has 0 bridgehead atoms. The second-order valence-electron chi connectivity index (χ2n) is 5.07. The van der Waals surface area contributed by atoms with Crippen LogP contribution < -0.4 is 5.32 Å². The predicted octanol–water partition coefficient (Wildman–Crippen LogP) is 1.01. The first-order chi connectivity index (χ1) is 8.79. The molecule has 4 heteroatoms. The lowest BCUT2D eigenvalue weighted by molar-refractivity contribution is -0.133. The van der Waals surface area contributed by atoms with Crippen LogP contribution >= 0.6 is 0 Å². The molecule has 1 amide bonds. The van der Waals surface area contributed by atoms with Crippen LogP contribution in [0.2, 0.25) is 0 Å². The molecule has 1 unspecified atom stereocenters. The third-order valence-electron chi connectivity index (χ3n) is 3.94. The fraction of sp³-hybridized carbons (Fsp3) is 0.500. The van der Waals surface area contributed by atoms with Gasteiger partial charge in [0.15, 0.2) is 0 Å². The number of aliphatic hydroxyl groups is 1. The third-order valence-corrected chi connectivity index (χ3v) is 3.94. The van der Waals surface area contributed by atoms with Crippen molar-refractivity contribution < 1.29 is 9.90 Å². The third kappa shape index (κ3) is 1.86. The smallest absolute Gasteiger partial charge is 0.245 e. The van der Waals surface area contributed by atoms with Crippen molar-refractivity contribution in [3.8, 4) is 0 Å². The number of anilines is 1. The molecule has 0 spiro atoms. The van der Waals surface area contributed by atoms with Crippen molar-refractivity contribution in [2.45, 2.75) is 31.3 Å². The van der Waals surface area contributed by atoms with Gasteiger partial charge in [0.1, 0.15) is 6.04 Å². The van der Waals surface area contributed by atoms with Gasteiger partial charge in [-0.05, 0) is 24.5 Å². The van der Waals surface area contributed by atoms with E-state index in [2.05, 4.69) is 11.4 Å². The lowest BCUT2D eigenvalue weighted by Gasteiger charge is -2.26. The van der Waals surface area contributed by atoms with Crippen molar-refractivity contribution in [1.82, 2.24) is 4.90 Å². The zero-order valence-electron chi connectivity index (χ0n) is 10.3. The molecule has 2 aliphatic heterocycles. The summed E-state index contributed by atoms with van der Waals surface area (Å²) in [6, 6.07) is 7.90. The molecule has 1 saturated heterocycles. The van der Waals surface area contributed by atoms with E-state index in [1.165, 1.54) is 5.56 Å². The van der Waals surface area contributed by atoms with Crippen molar-refractivity contribution in [2.75, 3.05) is 18.5 Å². The number of benzene rings is 1. The summed E-state index contributed by atoms with van der Waals surface area (Å²) < 4.78 is 0. The summed E-state index contributed by atoms with van der Waals surface area (Å²) in [4.78, 5) is 14.3. The van der Waals surface area contributed by atoms with Crippen LogP contribution in [0.25, 0.3) is 0 Å². The highest BCUT2D eigenvalue weighted by Crippen LogP contribution is 2.27. The molecule has 2 heterocycles. The Labute approximate surface area is 107 Å². The highest BCUT2D eigenvalue weighted by molar-refractivity contribution is 5.87. The zero-order chi connectivity index (χ0) is 12.5. The van der Waals surface area contributed by atoms with E-state index >= 15 is 0 Å². The van der Waals surface area contributed by atoms with Crippen LogP contribution in [0.15, 0.2) is 24.3 Å². The van der Waals surface area contributed by atoms with Gasteiger partial charge in [-0.1, -0.05) is 18.2 Å². The van der Waals surface area contributed by atoms with Crippen molar-refractivity contribution in [3.63, 3.8) is 0 Å². The zero-order valence-corrected chi connectivity index (χ0v) is 10.3. The van der Waals surface area contributed by atoms with E-state index in [0.717, 1.165) is 31.5 Å². The molecular weight excluding hydrogens is 228 g/mol. The molecular formula is C14H18N2O2. The molecule has 0 radical (unpaired) electrons. The number of hydrogen-bond acceptors (Lipinski definition) is 3. The summed E-state index contributed by atoms with van der Waals surface area (Å²) in [7, 11) is 0. The van der Waals surface area contributed by atoms with Crippen molar-refractivity contribution in [1.29, 1.82) is 0 Å². The summed E-state index contributed by atoms with van der Waals surface area (Å²) in [5.74, 6) is 0.128. The standard InChI is InChI=1S/C14H18N2O2/c17-9-11-5-3-7-16(11)14(18)13-8-10-4-1-2-6-12(10)15-13/h1-2,4,6,11,13,15,17H,3,5,7-9H2/t11?,13-/m0/s1. The topological polar surface area (TPSA) is 52.6 Å². The first-order valence-corrected chi connectivity index (χ1v) is 6.55. The molecule has 18 heavy (non-hydrogen) atoms. The van der Waals surface area contributed by atoms with Crippen molar-refractivity contribution in [3.05, 3.63) is 29.8 Å². The molecule has 4 nitrogen and oxygen atoms in total. The summed E-state index contributed by atoms with van der Waals surface area (Å²) in [5, 5.41) is 12.6. The maximum Gasteiger partial charge on any atom is 0.245 e. The van der Waals surface area contributed by atoms with Crippen LogP contribution in [-0.2, 0) is 11.2 Å². The van der Waals surface area contributed by atoms with Gasteiger partial charge in [0, 0.05) is 18.7 Å². The molecule has 1 aromatic carbocycles. The Morgan fingerprint density at radius 1 is 1.44 bits per heavy atom. The largest absolute Gasteiger partial charge is 0.394 e. The van der Waals surface area contributed by atoms with Crippen LogP contribution in [0.5, 0.6) is 0 Å². The Balaban J connectivity index is 1.72. The molecule has 96 valence electrons. The van der Waals surface area contributed by atoms with Crippen molar-refractivity contribution >= 4 is 11.6 Å². The number of amides is 1. The van der Waals surface area contributed by atoms with E-state index in [9.17, 15) is 9.90 Å². The molecule has 1 aromatic rings. The maximum atomic E-state index is 12.4. The van der Waals surface area contributed by atoms with Gasteiger partial charge in [-0.15, -0.1) is 0 Å². The highest BCUT2D eigenvalue weighted by Gasteiger charge is 2.35. The van der Waals surface area contributed by atoms with Crippen molar-refractivity contribution in [2.24, 2.45) is 0 Å². The number of fused-ring (bicyclic) bond motifs is 1. The Hall–Kier alpha value is -1.55. The molecule has 1 fully saturated rings. The first-order valence-electron chi connectivity index (χ1n) is 6.55. The Kier molecular flexibility index (Phi) is 2.96. The van der Waals surface area contributed by atoms with Gasteiger partial charge >= 0.3 is 0 Å². The molecule has 2 N–H and O–H groups in total. The quantitative estimate of drug-likeness (QED) is 0.818. The Bertz CT molecular complexity index is 436. The van der Waals surface area contributed by atoms with Crippen LogP contribution in [0.1, 0.15) is 18.4 Å². The SMILES string of the molecule is O=C([C@@H]1Cc2ccccc2N1)N1CCCC1CO. The number of rotatable bonds is 2. The van der Waals surface area contributed by atoms with Gasteiger partial charge in [0.2, 0.25) is 5.91 Å². The lowest BCUT2D eigenvalue weighted by atomic mass is 10.1. The first kappa shape index (κ1) is 11.5. The molecule has 0 aromatic heterocycles. The van der Waals surface area contributed by atoms with E-state index in [-0.39, 0.29) is 24.6 Å². The summed E-state index contributed by atoms with van der Waals surface area (Å²) in [6.45, 7) is 0.851. The van der Waals surface area contributed by atoms with Crippen LogP contribution in [0, 0.1) is 0 Å². The van der Waals surface area contributed by atoms with Gasteiger partial charge < -0.3 is 15.3 Å². The normalized spacial score (nSPS) is 25.9. The Morgan fingerprint density at radius 3 is 3.06 bits per heavy atom. The lowest BCUT2D eigenvalue weighted by Crippen LogP contribution is -2.45. The number of carbonyl (C=O) groups excluding carboxylic acids is 1. The van der Waals surface area contributed by atoms with Crippen LogP contribution in [-0.4, -0.2) is 41.1 Å². The number of hydrogen-bond donors (Lipinski definition) is 2. The predicted molar refractivity (Wildman–Crippen MR) is 69.4 cm³/mol. The number of nitrogens with zero attached hydrogens (tertiary/aromatic N) is 1. The minimum atomic E-state index is -0.158. The molecule has 2 atom stereocenters. The van der Waals surface area contributed by atoms with E-state index < -0.39 is 0 Å². The number of likely N-dealkylation sites (tertiary alicyclic amines) is 1. The number of carbonyl (C=O) groups is 1. The fourth-order valence-corrected chi connectivity index (χ4v) is 2.96. The van der Waals surface area contributed by atoms with Crippen LogP contribution in [0.3, 0.4) is 0 Å². The molecule has 2 aliphatic rings. The minimum absolute atomic E-state index is 0.0167. The summed E-state index contributed by atoms with van der Waals surface area (Å²) >= 11 is 0. The van der Waals surface area contributed by atoms with Gasteiger partial charge in [0.25, 0.3) is 0 Å². The summed E-state index contributed by atoms with van der Waals surface area (Å²) in [5.41, 5.74) is 2.27. The van der Waals surface area contributed by atoms with E-state index in [1.54, 1.807) is 0 Å². The van der Waals surface area contributed by atoms with E-state index in [1.807, 2.05) is 23.1 Å². The Morgan fingerprint density at radius 2 is 2.28 bits per heavy atom. The summed E-state index contributed by atoms with van der Waals surface area (Å²) in [6.07, 6.45) is 2.67. The average Bonchev–Trinajstić information content (AvgIpc) is 3.03. The van der Waals surface area contributed by atoms with E-state index in [4.69, 9.17) is 0 Å². The minimum Gasteiger partial charge on any atom is -0.394 e. The highest BCUT2D eigenvalue weighted by atomic mass is 16.3. The van der Waals surface area contributed by atoms with E-state index in [0.29, 0.717) is 0 Å². The van der Waals surface area contributed by atoms with Gasteiger partial charge in [-0.2, -0.15) is 0 Å². The fourth-order valence-electron chi connectivity index (χ4n) is 2.96. The molecule has 3 rings (SSSR count). The number of aliphatic hydroxyl groups excluding tert-OH is 1. The number of nitrogens with one attached hydrogen (secondary N) is 1. The van der Waals surface area contributed by atoms with Gasteiger partial charge in [-0.3, -0.25) is 4.79 Å². The number of para-hydroxylation sites is 1. The molecule has 0 aliphatic carbocycles. The average molecular weight is 246 g/mol. The monoisotopic (exact) mass is 246 g/mol.